The average Bonchev–Trinajstić information content (AvgIpc) is 2.99. The van der Waals surface area contributed by atoms with Gasteiger partial charge in [-0.1, -0.05) is 29.8 Å². The third-order valence-corrected chi connectivity index (χ3v) is 5.21. The molecule has 30 heavy (non-hydrogen) atoms. The number of nitrogens with one attached hydrogen (secondary N) is 2. The Morgan fingerprint density at radius 2 is 1.73 bits per heavy atom. The fraction of sp³-hybridized carbons (Fsp3) is 0.300. The predicted octanol–water partition coefficient (Wildman–Crippen LogP) is 2.38. The second-order valence-electron chi connectivity index (χ2n) is 7.86. The van der Waals surface area contributed by atoms with Crippen LogP contribution in [0.25, 0.3) is 0 Å². The first-order valence-electron chi connectivity index (χ1n) is 9.22. The summed E-state index contributed by atoms with van der Waals surface area (Å²) < 4.78 is 6.71. The fourth-order valence-electron chi connectivity index (χ4n) is 3.38. The van der Waals surface area contributed by atoms with Crippen LogP contribution < -0.4 is 22.3 Å². The van der Waals surface area contributed by atoms with E-state index in [1.54, 1.807) is 31.2 Å². The third kappa shape index (κ3) is 4.70. The van der Waals surface area contributed by atoms with E-state index >= 15 is 0 Å². The minimum absolute atomic E-state index is 0.103. The number of carbonyl (C=O) groups is 2. The average molecular weight is 475 g/mol. The van der Waals surface area contributed by atoms with Crippen molar-refractivity contribution in [1.29, 1.82) is 0 Å². The zero-order valence-electron chi connectivity index (χ0n) is 16.9. The Kier molecular flexibility index (Phi) is 5.97. The number of halogens is 1. The summed E-state index contributed by atoms with van der Waals surface area (Å²) >= 11 is 3.31. The van der Waals surface area contributed by atoms with E-state index in [4.69, 9.17) is 15.9 Å². The van der Waals surface area contributed by atoms with Gasteiger partial charge in [0.15, 0.2) is 5.76 Å². The molecule has 6 N–H and O–H groups in total. The SMILES string of the molecule is Cc1c(C(=O)NNC(=O)c2ccc(Br)cc2)oc2c1/C(=N\N=C(N)N)CC(C)(C)C2. The molecule has 1 aromatic carbocycles. The molecule has 0 saturated carbocycles. The van der Waals surface area contributed by atoms with Crippen molar-refractivity contribution in [2.75, 3.05) is 0 Å². The number of guanidine groups is 1. The Morgan fingerprint density at radius 3 is 2.37 bits per heavy atom. The Balaban J connectivity index is 1.83. The van der Waals surface area contributed by atoms with Gasteiger partial charge in [0.2, 0.25) is 5.96 Å². The Hall–Kier alpha value is -3.14. The number of nitrogens with two attached hydrogens (primary N) is 2. The number of amides is 2. The van der Waals surface area contributed by atoms with Gasteiger partial charge in [0.25, 0.3) is 5.91 Å². The maximum Gasteiger partial charge on any atom is 0.305 e. The van der Waals surface area contributed by atoms with Crippen LogP contribution >= 0.6 is 15.9 Å². The molecule has 1 heterocycles. The second kappa shape index (κ2) is 8.31. The van der Waals surface area contributed by atoms with Crippen LogP contribution in [0.1, 0.15) is 58.1 Å². The van der Waals surface area contributed by atoms with Crippen molar-refractivity contribution in [3.8, 4) is 0 Å². The van der Waals surface area contributed by atoms with Gasteiger partial charge in [-0.05, 0) is 43.0 Å². The number of carbonyl (C=O) groups excluding carboxylic acids is 2. The van der Waals surface area contributed by atoms with Crippen molar-refractivity contribution >= 4 is 39.4 Å². The maximum absolute atomic E-state index is 12.7. The highest BCUT2D eigenvalue weighted by atomic mass is 79.9. The molecule has 0 fully saturated rings. The minimum Gasteiger partial charge on any atom is -0.455 e. The van der Waals surface area contributed by atoms with Crippen LogP contribution in [0.3, 0.4) is 0 Å². The van der Waals surface area contributed by atoms with E-state index in [1.807, 2.05) is 0 Å². The van der Waals surface area contributed by atoms with E-state index < -0.39 is 11.8 Å². The summed E-state index contributed by atoms with van der Waals surface area (Å²) in [5, 5.41) is 7.93. The first-order chi connectivity index (χ1) is 14.1. The second-order valence-corrected chi connectivity index (χ2v) is 8.77. The zero-order valence-corrected chi connectivity index (χ0v) is 18.5. The van der Waals surface area contributed by atoms with E-state index in [0.29, 0.717) is 35.4 Å². The molecule has 0 unspecified atom stereocenters. The molecule has 158 valence electrons. The molecule has 2 aromatic rings. The number of fused-ring (bicyclic) bond motifs is 1. The van der Waals surface area contributed by atoms with Crippen molar-refractivity contribution < 1.29 is 14.0 Å². The first kappa shape index (κ1) is 21.6. The highest BCUT2D eigenvalue weighted by molar-refractivity contribution is 9.10. The molecule has 0 atom stereocenters. The van der Waals surface area contributed by atoms with Crippen molar-refractivity contribution in [3.63, 3.8) is 0 Å². The summed E-state index contributed by atoms with van der Waals surface area (Å²) in [5.74, 6) is -0.418. The van der Waals surface area contributed by atoms with E-state index in [2.05, 4.69) is 50.8 Å². The highest BCUT2D eigenvalue weighted by Gasteiger charge is 2.36. The standard InChI is InChI=1S/C20H23BrN6O3/c1-10-15-13(24-27-19(22)23)8-20(2,3)9-14(15)30-16(10)18(29)26-25-17(28)11-4-6-12(21)7-5-11/h4-7H,8-9H2,1-3H3,(H,25,28)(H,26,29)(H4,22,23,27)/b24-13-. The molecule has 1 aliphatic rings. The lowest BCUT2D eigenvalue weighted by atomic mass is 9.75. The molecule has 2 amide bonds. The van der Waals surface area contributed by atoms with Crippen LogP contribution in [-0.2, 0) is 6.42 Å². The van der Waals surface area contributed by atoms with Crippen LogP contribution in [0.15, 0.2) is 43.4 Å². The van der Waals surface area contributed by atoms with Gasteiger partial charge in [-0.15, -0.1) is 5.10 Å². The monoisotopic (exact) mass is 474 g/mol. The van der Waals surface area contributed by atoms with Gasteiger partial charge in [0, 0.05) is 27.6 Å². The Morgan fingerprint density at radius 1 is 1.10 bits per heavy atom. The van der Waals surface area contributed by atoms with Crippen molar-refractivity contribution in [1.82, 2.24) is 10.9 Å². The van der Waals surface area contributed by atoms with Crippen LogP contribution in [-0.4, -0.2) is 23.5 Å². The number of nitrogens with zero attached hydrogens (tertiary/aromatic N) is 2. The fourth-order valence-corrected chi connectivity index (χ4v) is 3.64. The van der Waals surface area contributed by atoms with E-state index in [1.165, 1.54) is 0 Å². The van der Waals surface area contributed by atoms with Gasteiger partial charge < -0.3 is 15.9 Å². The lowest BCUT2D eigenvalue weighted by molar-refractivity contribution is 0.0828. The van der Waals surface area contributed by atoms with E-state index in [-0.39, 0.29) is 17.1 Å². The van der Waals surface area contributed by atoms with Gasteiger partial charge in [-0.3, -0.25) is 20.4 Å². The molecule has 0 spiro atoms. The quantitative estimate of drug-likeness (QED) is 0.306. The number of rotatable bonds is 3. The topological polar surface area (TPSA) is 148 Å². The van der Waals surface area contributed by atoms with Crippen LogP contribution in [0.5, 0.6) is 0 Å². The Labute approximate surface area is 182 Å². The van der Waals surface area contributed by atoms with Gasteiger partial charge >= 0.3 is 5.91 Å². The molecule has 10 heteroatoms. The molecular weight excluding hydrogens is 452 g/mol. The molecule has 9 nitrogen and oxygen atoms in total. The highest BCUT2D eigenvalue weighted by Crippen LogP contribution is 2.38. The largest absolute Gasteiger partial charge is 0.455 e. The molecule has 0 aliphatic heterocycles. The molecule has 0 radical (unpaired) electrons. The normalized spacial score (nSPS) is 15.9. The number of hydrogen-bond acceptors (Lipinski definition) is 5. The molecular formula is C20H23BrN6O3. The molecule has 1 aliphatic carbocycles. The number of benzene rings is 1. The van der Waals surface area contributed by atoms with Crippen molar-refractivity contribution in [2.45, 2.75) is 33.6 Å². The summed E-state index contributed by atoms with van der Waals surface area (Å²) in [6.45, 7) is 5.89. The smallest absolute Gasteiger partial charge is 0.305 e. The summed E-state index contributed by atoms with van der Waals surface area (Å²) in [6, 6.07) is 6.75. The van der Waals surface area contributed by atoms with E-state index in [9.17, 15) is 9.59 Å². The van der Waals surface area contributed by atoms with Gasteiger partial charge in [0.05, 0.1) is 5.71 Å². The number of furan rings is 1. The van der Waals surface area contributed by atoms with Gasteiger partial charge in [0.1, 0.15) is 5.76 Å². The first-order valence-corrected chi connectivity index (χ1v) is 10.0. The van der Waals surface area contributed by atoms with Crippen LogP contribution in [0, 0.1) is 12.3 Å². The van der Waals surface area contributed by atoms with Crippen LogP contribution in [0.4, 0.5) is 0 Å². The summed E-state index contributed by atoms with van der Waals surface area (Å²) in [5.41, 5.74) is 17.8. The van der Waals surface area contributed by atoms with Gasteiger partial charge in [-0.2, -0.15) is 5.10 Å². The van der Waals surface area contributed by atoms with E-state index in [0.717, 1.165) is 10.0 Å². The predicted molar refractivity (Wildman–Crippen MR) is 117 cm³/mol. The Bertz CT molecular complexity index is 1050. The number of hydrogen-bond donors (Lipinski definition) is 4. The zero-order chi connectivity index (χ0) is 22.1. The molecule has 0 bridgehead atoms. The number of hydrazine groups is 1. The lowest BCUT2D eigenvalue weighted by Gasteiger charge is -2.29. The lowest BCUT2D eigenvalue weighted by Crippen LogP contribution is -2.41. The summed E-state index contributed by atoms with van der Waals surface area (Å²) in [6.07, 6.45) is 1.25. The van der Waals surface area contributed by atoms with Crippen LogP contribution in [0.2, 0.25) is 0 Å². The maximum atomic E-state index is 12.7. The summed E-state index contributed by atoms with van der Waals surface area (Å²) in [4.78, 5) is 24.9. The minimum atomic E-state index is -0.564. The molecule has 3 rings (SSSR count). The molecule has 1 aromatic heterocycles. The third-order valence-electron chi connectivity index (χ3n) is 4.68. The van der Waals surface area contributed by atoms with Gasteiger partial charge in [-0.25, -0.2) is 0 Å². The summed E-state index contributed by atoms with van der Waals surface area (Å²) in [7, 11) is 0. The van der Waals surface area contributed by atoms with Crippen molar-refractivity contribution in [2.24, 2.45) is 27.1 Å². The van der Waals surface area contributed by atoms with Crippen molar-refractivity contribution in [3.05, 3.63) is 56.9 Å². The molecule has 0 saturated heterocycles.